The van der Waals surface area contributed by atoms with Crippen LogP contribution in [-0.2, 0) is 14.2 Å². The van der Waals surface area contributed by atoms with Crippen molar-refractivity contribution >= 4 is 6.03 Å². The van der Waals surface area contributed by atoms with E-state index in [-0.39, 0.29) is 23.6 Å². The highest BCUT2D eigenvalue weighted by Crippen LogP contribution is 2.23. The monoisotopic (exact) mass is 376 g/mol. The number of hydrogen-bond donors (Lipinski definition) is 2. The molecule has 6 nitrogen and oxygen atoms in total. The molecule has 0 atom stereocenters. The first-order valence-electron chi connectivity index (χ1n) is 8.40. The number of carbonyl (C=O) groups is 1. The SMILES string of the molecule is C=C(/C=C(/NC(=O)NC1CCCCC1)C(=C)OC1COC1)OC(F)(F)F. The van der Waals surface area contributed by atoms with Crippen molar-refractivity contribution in [1.29, 1.82) is 0 Å². The number of halogens is 3. The van der Waals surface area contributed by atoms with Gasteiger partial charge in [-0.05, 0) is 12.8 Å². The third kappa shape index (κ3) is 6.99. The maximum absolute atomic E-state index is 12.3. The quantitative estimate of drug-likeness (QED) is 0.527. The van der Waals surface area contributed by atoms with Crippen LogP contribution in [0, 0.1) is 0 Å². The van der Waals surface area contributed by atoms with Crippen molar-refractivity contribution in [3.05, 3.63) is 36.4 Å². The second kappa shape index (κ2) is 8.98. The van der Waals surface area contributed by atoms with E-state index < -0.39 is 18.2 Å². The van der Waals surface area contributed by atoms with E-state index in [9.17, 15) is 18.0 Å². The molecule has 0 radical (unpaired) electrons. The largest absolute Gasteiger partial charge is 0.573 e. The molecule has 2 rings (SSSR count). The van der Waals surface area contributed by atoms with Crippen LogP contribution in [0.4, 0.5) is 18.0 Å². The molecule has 1 heterocycles. The normalized spacial score (nSPS) is 19.3. The maximum atomic E-state index is 12.3. The Balaban J connectivity index is 1.99. The van der Waals surface area contributed by atoms with Crippen molar-refractivity contribution in [2.45, 2.75) is 50.6 Å². The molecule has 0 aromatic heterocycles. The van der Waals surface area contributed by atoms with Crippen LogP contribution in [0.15, 0.2) is 36.4 Å². The lowest BCUT2D eigenvalue weighted by Crippen LogP contribution is -2.43. The number of ether oxygens (including phenoxy) is 3. The molecule has 2 aliphatic rings. The van der Waals surface area contributed by atoms with Gasteiger partial charge in [0, 0.05) is 12.1 Å². The molecular weight excluding hydrogens is 353 g/mol. The van der Waals surface area contributed by atoms with Gasteiger partial charge in [0.25, 0.3) is 0 Å². The van der Waals surface area contributed by atoms with Crippen LogP contribution < -0.4 is 10.6 Å². The smallest absolute Gasteiger partial charge is 0.484 e. The summed E-state index contributed by atoms with van der Waals surface area (Å²) < 4.78 is 51.1. The summed E-state index contributed by atoms with van der Waals surface area (Å²) in [6.07, 6.45) is 0.713. The fourth-order valence-electron chi connectivity index (χ4n) is 2.66. The Morgan fingerprint density at radius 3 is 2.35 bits per heavy atom. The lowest BCUT2D eigenvalue weighted by atomic mass is 9.96. The van der Waals surface area contributed by atoms with Crippen LogP contribution in [-0.4, -0.2) is 37.8 Å². The summed E-state index contributed by atoms with van der Waals surface area (Å²) in [4.78, 5) is 12.2. The number of urea groups is 1. The Bertz CT molecular complexity index is 565. The van der Waals surface area contributed by atoms with Gasteiger partial charge in [-0.15, -0.1) is 13.2 Å². The van der Waals surface area contributed by atoms with Gasteiger partial charge in [-0.25, -0.2) is 4.79 Å². The minimum atomic E-state index is -4.88. The molecule has 1 aliphatic heterocycles. The number of carbonyl (C=O) groups excluding carboxylic acids is 1. The van der Waals surface area contributed by atoms with E-state index in [1.54, 1.807) is 0 Å². The van der Waals surface area contributed by atoms with Crippen LogP contribution in [0.3, 0.4) is 0 Å². The molecule has 26 heavy (non-hydrogen) atoms. The van der Waals surface area contributed by atoms with Crippen LogP contribution >= 0.6 is 0 Å². The van der Waals surface area contributed by atoms with Crippen molar-refractivity contribution in [2.75, 3.05) is 13.2 Å². The molecule has 9 heteroatoms. The first-order chi connectivity index (χ1) is 12.2. The van der Waals surface area contributed by atoms with E-state index in [1.807, 2.05) is 0 Å². The summed E-state index contributed by atoms with van der Waals surface area (Å²) >= 11 is 0. The third-order valence-electron chi connectivity index (χ3n) is 3.96. The predicted octanol–water partition coefficient (Wildman–Crippen LogP) is 3.48. The summed E-state index contributed by atoms with van der Waals surface area (Å²) in [5.41, 5.74) is -0.0561. The van der Waals surface area contributed by atoms with Crippen LogP contribution in [0.25, 0.3) is 0 Å². The molecule has 2 N–H and O–H groups in total. The lowest BCUT2D eigenvalue weighted by Gasteiger charge is -2.29. The lowest BCUT2D eigenvalue weighted by molar-refractivity contribution is -0.303. The van der Waals surface area contributed by atoms with Crippen molar-refractivity contribution in [1.82, 2.24) is 10.6 Å². The Hall–Kier alpha value is -2.16. The summed E-state index contributed by atoms with van der Waals surface area (Å²) in [6, 6.07) is -0.508. The summed E-state index contributed by atoms with van der Waals surface area (Å²) in [5, 5.41) is 5.27. The number of alkyl halides is 3. The molecule has 1 aliphatic carbocycles. The molecule has 0 aromatic rings. The highest BCUT2D eigenvalue weighted by atomic mass is 19.4. The fraction of sp³-hybridized carbons (Fsp3) is 0.588. The van der Waals surface area contributed by atoms with E-state index in [1.165, 1.54) is 0 Å². The van der Waals surface area contributed by atoms with E-state index >= 15 is 0 Å². The summed E-state index contributed by atoms with van der Waals surface area (Å²) in [7, 11) is 0. The van der Waals surface area contributed by atoms with Gasteiger partial charge in [0.1, 0.15) is 17.6 Å². The van der Waals surface area contributed by atoms with Gasteiger partial charge in [0.15, 0.2) is 0 Å². The molecule has 1 saturated heterocycles. The molecule has 0 aromatic carbocycles. The van der Waals surface area contributed by atoms with E-state index in [0.29, 0.717) is 13.2 Å². The Kier molecular flexibility index (Phi) is 6.96. The zero-order chi connectivity index (χ0) is 19.2. The van der Waals surface area contributed by atoms with E-state index in [0.717, 1.165) is 38.2 Å². The minimum Gasteiger partial charge on any atom is -0.484 e. The number of amides is 2. The Morgan fingerprint density at radius 1 is 1.15 bits per heavy atom. The summed E-state index contributed by atoms with van der Waals surface area (Å²) in [5.74, 6) is -0.691. The first kappa shape index (κ1) is 20.2. The van der Waals surface area contributed by atoms with Gasteiger partial charge in [0.2, 0.25) is 0 Å². The van der Waals surface area contributed by atoms with Crippen LogP contribution in [0.1, 0.15) is 32.1 Å². The topological polar surface area (TPSA) is 68.8 Å². The van der Waals surface area contributed by atoms with Crippen LogP contribution in [0.5, 0.6) is 0 Å². The Morgan fingerprint density at radius 2 is 1.81 bits per heavy atom. The molecule has 2 amide bonds. The number of rotatable bonds is 7. The van der Waals surface area contributed by atoms with E-state index in [2.05, 4.69) is 28.5 Å². The highest BCUT2D eigenvalue weighted by molar-refractivity contribution is 5.77. The number of nitrogens with one attached hydrogen (secondary N) is 2. The molecule has 0 spiro atoms. The molecule has 2 fully saturated rings. The van der Waals surface area contributed by atoms with Crippen molar-refractivity contribution in [3.63, 3.8) is 0 Å². The molecule has 0 bridgehead atoms. The molecule has 0 unspecified atom stereocenters. The van der Waals surface area contributed by atoms with Crippen LogP contribution in [0.2, 0.25) is 0 Å². The van der Waals surface area contributed by atoms with Gasteiger partial charge >= 0.3 is 12.4 Å². The van der Waals surface area contributed by atoms with Gasteiger partial charge in [-0.3, -0.25) is 0 Å². The minimum absolute atomic E-state index is 0.00372. The van der Waals surface area contributed by atoms with E-state index in [4.69, 9.17) is 9.47 Å². The summed E-state index contributed by atoms with van der Waals surface area (Å²) in [6.45, 7) is 7.54. The highest BCUT2D eigenvalue weighted by Gasteiger charge is 2.31. The molecule has 1 saturated carbocycles. The van der Waals surface area contributed by atoms with Gasteiger partial charge in [-0.2, -0.15) is 0 Å². The van der Waals surface area contributed by atoms with Gasteiger partial charge < -0.3 is 24.8 Å². The average Bonchev–Trinajstić information content (AvgIpc) is 2.49. The van der Waals surface area contributed by atoms with Gasteiger partial charge in [0.05, 0.1) is 18.9 Å². The zero-order valence-corrected chi connectivity index (χ0v) is 14.4. The van der Waals surface area contributed by atoms with Crippen molar-refractivity contribution < 1.29 is 32.2 Å². The molecular formula is C17H23F3N2O4. The first-order valence-corrected chi connectivity index (χ1v) is 8.40. The standard InChI is InChI=1S/C17H23F3N2O4/c1-11(26-17(18,19)20)8-15(12(2)25-14-9-24-10-14)22-16(23)21-13-6-4-3-5-7-13/h8,13-14H,1-7,9-10H2,(H2,21,22,23)/b15-8+. The van der Waals surface area contributed by atoms with Crippen molar-refractivity contribution in [3.8, 4) is 0 Å². The second-order valence-electron chi connectivity index (χ2n) is 6.21. The molecule has 146 valence electrons. The number of hydrogen-bond acceptors (Lipinski definition) is 4. The Labute approximate surface area is 150 Å². The second-order valence-corrected chi connectivity index (χ2v) is 6.21. The van der Waals surface area contributed by atoms with Crippen molar-refractivity contribution in [2.24, 2.45) is 0 Å². The number of allylic oxidation sites excluding steroid dienone is 1. The average molecular weight is 376 g/mol. The van der Waals surface area contributed by atoms with Gasteiger partial charge in [-0.1, -0.05) is 32.4 Å². The third-order valence-corrected chi connectivity index (χ3v) is 3.96. The maximum Gasteiger partial charge on any atom is 0.573 e. The zero-order valence-electron chi connectivity index (χ0n) is 14.4. The predicted molar refractivity (Wildman–Crippen MR) is 87.7 cm³/mol. The fourth-order valence-corrected chi connectivity index (χ4v) is 2.66.